The molecule has 1 saturated carbocycles. The second-order valence-corrected chi connectivity index (χ2v) is 7.89. The molecule has 1 aromatic rings. The Bertz CT molecular complexity index is 510. The van der Waals surface area contributed by atoms with Crippen molar-refractivity contribution in [1.29, 1.82) is 0 Å². The van der Waals surface area contributed by atoms with Crippen LogP contribution in [0.2, 0.25) is 0 Å². The average Bonchev–Trinajstić information content (AvgIpc) is 2.69. The normalized spacial score (nSPS) is 25.1. The van der Waals surface area contributed by atoms with Crippen molar-refractivity contribution in [3.05, 3.63) is 35.9 Å². The molecule has 0 bridgehead atoms. The zero-order valence-electron chi connectivity index (χ0n) is 15.6. The van der Waals surface area contributed by atoms with Gasteiger partial charge >= 0.3 is 0 Å². The van der Waals surface area contributed by atoms with E-state index in [2.05, 4.69) is 40.5 Å². The molecule has 3 rings (SSSR count). The lowest BCUT2D eigenvalue weighted by atomic mass is 9.88. The van der Waals surface area contributed by atoms with E-state index in [1.807, 2.05) is 0 Å². The van der Waals surface area contributed by atoms with Crippen LogP contribution in [0.15, 0.2) is 30.3 Å². The summed E-state index contributed by atoms with van der Waals surface area (Å²) in [7, 11) is 0. The van der Waals surface area contributed by atoms with Crippen molar-refractivity contribution in [3.63, 3.8) is 0 Å². The Kier molecular flexibility index (Phi) is 7.35. The lowest BCUT2D eigenvalue weighted by molar-refractivity contribution is -0.122. The Hall–Kier alpha value is -1.35. The van der Waals surface area contributed by atoms with Gasteiger partial charge in [-0.15, -0.1) is 0 Å². The van der Waals surface area contributed by atoms with Gasteiger partial charge in [0.25, 0.3) is 0 Å². The predicted octanol–water partition coefficient (Wildman–Crippen LogP) is 4.69. The maximum absolute atomic E-state index is 12.5. The van der Waals surface area contributed by atoms with Gasteiger partial charge in [-0.2, -0.15) is 0 Å². The van der Waals surface area contributed by atoms with Gasteiger partial charge in [0.05, 0.1) is 0 Å². The van der Waals surface area contributed by atoms with E-state index in [1.165, 1.54) is 56.9 Å². The number of rotatable bonds is 3. The largest absolute Gasteiger partial charge is 0.356 e. The standard InChI is InChI=1S/C22H34N2O/c25-22-17-21(20-13-7-4-8-14-20)24(16-10-2-1-9-15-23-22)18-19-11-5-3-6-12-19/h4,7-8,13-14,19,21H,1-3,5-6,9-12,15-18H2,(H,23,25)/t21-/m0/s1. The highest BCUT2D eigenvalue weighted by Crippen LogP contribution is 2.30. The summed E-state index contributed by atoms with van der Waals surface area (Å²) in [6, 6.07) is 10.9. The molecule has 0 aromatic heterocycles. The smallest absolute Gasteiger partial charge is 0.221 e. The van der Waals surface area contributed by atoms with Gasteiger partial charge in [0.1, 0.15) is 0 Å². The quantitative estimate of drug-likeness (QED) is 0.864. The molecule has 1 aliphatic carbocycles. The van der Waals surface area contributed by atoms with Gasteiger partial charge in [0.15, 0.2) is 0 Å². The molecule has 2 fully saturated rings. The van der Waals surface area contributed by atoms with Crippen LogP contribution in [0.4, 0.5) is 0 Å². The molecule has 1 aliphatic heterocycles. The Morgan fingerprint density at radius 1 is 0.920 bits per heavy atom. The summed E-state index contributed by atoms with van der Waals surface area (Å²) >= 11 is 0. The number of benzene rings is 1. The van der Waals surface area contributed by atoms with Gasteiger partial charge < -0.3 is 5.32 Å². The van der Waals surface area contributed by atoms with E-state index in [0.29, 0.717) is 6.42 Å². The minimum Gasteiger partial charge on any atom is -0.356 e. The number of nitrogens with zero attached hydrogens (tertiary/aromatic N) is 1. The zero-order valence-corrected chi connectivity index (χ0v) is 15.6. The highest BCUT2D eigenvalue weighted by molar-refractivity contribution is 5.76. The molecule has 0 unspecified atom stereocenters. The molecule has 1 saturated heterocycles. The number of hydrogen-bond donors (Lipinski definition) is 1. The maximum atomic E-state index is 12.5. The number of carbonyl (C=O) groups is 1. The second-order valence-electron chi connectivity index (χ2n) is 7.89. The third kappa shape index (κ3) is 5.85. The molecule has 0 radical (unpaired) electrons. The Morgan fingerprint density at radius 3 is 2.44 bits per heavy atom. The molecule has 138 valence electrons. The van der Waals surface area contributed by atoms with Crippen LogP contribution in [0.3, 0.4) is 0 Å². The van der Waals surface area contributed by atoms with Gasteiger partial charge in [-0.1, -0.05) is 62.4 Å². The van der Waals surface area contributed by atoms with Crippen LogP contribution in [0.25, 0.3) is 0 Å². The van der Waals surface area contributed by atoms with Crippen molar-refractivity contribution in [3.8, 4) is 0 Å². The van der Waals surface area contributed by atoms with Crippen molar-refractivity contribution in [2.24, 2.45) is 5.92 Å². The van der Waals surface area contributed by atoms with E-state index >= 15 is 0 Å². The first-order valence-electron chi connectivity index (χ1n) is 10.4. The van der Waals surface area contributed by atoms with Crippen LogP contribution >= 0.6 is 0 Å². The summed E-state index contributed by atoms with van der Waals surface area (Å²) in [6.45, 7) is 3.12. The first-order valence-corrected chi connectivity index (χ1v) is 10.4. The van der Waals surface area contributed by atoms with E-state index in [-0.39, 0.29) is 11.9 Å². The number of nitrogens with one attached hydrogen (secondary N) is 1. The first kappa shape index (κ1) is 18.4. The molecule has 1 amide bonds. The summed E-state index contributed by atoms with van der Waals surface area (Å²) in [4.78, 5) is 15.1. The fraction of sp³-hybridized carbons (Fsp3) is 0.682. The minimum absolute atomic E-state index is 0.212. The van der Waals surface area contributed by atoms with E-state index < -0.39 is 0 Å². The van der Waals surface area contributed by atoms with Crippen LogP contribution in [0.1, 0.15) is 75.8 Å². The van der Waals surface area contributed by atoms with Crippen LogP contribution in [0, 0.1) is 5.92 Å². The Morgan fingerprint density at radius 2 is 1.64 bits per heavy atom. The van der Waals surface area contributed by atoms with E-state index in [1.54, 1.807) is 0 Å². The van der Waals surface area contributed by atoms with Crippen molar-refractivity contribution in [1.82, 2.24) is 10.2 Å². The topological polar surface area (TPSA) is 32.3 Å². The lowest BCUT2D eigenvalue weighted by Crippen LogP contribution is -2.37. The highest BCUT2D eigenvalue weighted by Gasteiger charge is 2.26. The third-order valence-corrected chi connectivity index (χ3v) is 5.92. The van der Waals surface area contributed by atoms with Crippen LogP contribution in [-0.4, -0.2) is 30.4 Å². The Labute approximate surface area is 153 Å². The van der Waals surface area contributed by atoms with Crippen LogP contribution in [0.5, 0.6) is 0 Å². The van der Waals surface area contributed by atoms with Gasteiger partial charge in [-0.3, -0.25) is 9.69 Å². The van der Waals surface area contributed by atoms with Gasteiger partial charge in [-0.05, 0) is 43.7 Å². The molecule has 3 heteroatoms. The molecule has 25 heavy (non-hydrogen) atoms. The van der Waals surface area contributed by atoms with Crippen LogP contribution < -0.4 is 5.32 Å². The molecule has 1 N–H and O–H groups in total. The third-order valence-electron chi connectivity index (χ3n) is 5.92. The fourth-order valence-electron chi connectivity index (χ4n) is 4.48. The number of hydrogen-bond acceptors (Lipinski definition) is 2. The van der Waals surface area contributed by atoms with Gasteiger partial charge in [0, 0.05) is 25.6 Å². The first-order chi connectivity index (χ1) is 12.3. The molecule has 1 aromatic carbocycles. The lowest BCUT2D eigenvalue weighted by Gasteiger charge is -2.36. The average molecular weight is 343 g/mol. The summed E-state index contributed by atoms with van der Waals surface area (Å²) < 4.78 is 0. The SMILES string of the molecule is O=C1C[C@@H](c2ccccc2)N(CC2CCCCC2)CCCCCCN1. The Balaban J connectivity index is 1.78. The van der Waals surface area contributed by atoms with Crippen molar-refractivity contribution in [2.45, 2.75) is 70.3 Å². The molecule has 2 aliphatic rings. The molecule has 1 atom stereocenters. The number of carbonyl (C=O) groups excluding carboxylic acids is 1. The highest BCUT2D eigenvalue weighted by atomic mass is 16.1. The van der Waals surface area contributed by atoms with Crippen molar-refractivity contribution in [2.75, 3.05) is 19.6 Å². The van der Waals surface area contributed by atoms with Crippen LogP contribution in [-0.2, 0) is 4.79 Å². The zero-order chi connectivity index (χ0) is 17.3. The summed E-state index contributed by atoms with van der Waals surface area (Å²) in [5, 5.41) is 3.14. The van der Waals surface area contributed by atoms with E-state index in [4.69, 9.17) is 0 Å². The molecular weight excluding hydrogens is 308 g/mol. The van der Waals surface area contributed by atoms with Gasteiger partial charge in [-0.25, -0.2) is 0 Å². The summed E-state index contributed by atoms with van der Waals surface area (Å²) in [5.74, 6) is 1.03. The monoisotopic (exact) mass is 342 g/mol. The molecule has 0 spiro atoms. The number of amides is 1. The maximum Gasteiger partial charge on any atom is 0.221 e. The van der Waals surface area contributed by atoms with Crippen molar-refractivity contribution >= 4 is 5.91 Å². The van der Waals surface area contributed by atoms with Gasteiger partial charge in [0.2, 0.25) is 5.91 Å². The summed E-state index contributed by atoms with van der Waals surface area (Å²) in [5.41, 5.74) is 1.30. The minimum atomic E-state index is 0.212. The fourth-order valence-corrected chi connectivity index (χ4v) is 4.48. The predicted molar refractivity (Wildman–Crippen MR) is 103 cm³/mol. The summed E-state index contributed by atoms with van der Waals surface area (Å²) in [6.07, 6.45) is 12.4. The molecular formula is C22H34N2O. The van der Waals surface area contributed by atoms with Crippen molar-refractivity contribution < 1.29 is 4.79 Å². The van der Waals surface area contributed by atoms with E-state index in [0.717, 1.165) is 32.0 Å². The molecule has 1 heterocycles. The second kappa shape index (κ2) is 9.96. The van der Waals surface area contributed by atoms with E-state index in [9.17, 15) is 4.79 Å². The molecule has 3 nitrogen and oxygen atoms in total.